The van der Waals surface area contributed by atoms with Gasteiger partial charge in [-0.3, -0.25) is 9.67 Å². The number of fused-ring (bicyclic) bond motifs is 1. The number of hydrogen-bond acceptors (Lipinski definition) is 9. The second-order valence-corrected chi connectivity index (χ2v) is 7.39. The van der Waals surface area contributed by atoms with Gasteiger partial charge in [-0.2, -0.15) is 5.10 Å². The average Bonchev–Trinajstić information content (AvgIpc) is 3.48. The van der Waals surface area contributed by atoms with Crippen LogP contribution >= 0.6 is 0 Å². The molecule has 4 atom stereocenters. The number of aromatic nitrogens is 6. The third kappa shape index (κ3) is 3.33. The fourth-order valence-electron chi connectivity index (χ4n) is 3.79. The van der Waals surface area contributed by atoms with Crippen LogP contribution in [0.5, 0.6) is 0 Å². The smallest absolute Gasteiger partial charge is 0.168 e. The molecule has 0 spiro atoms. The van der Waals surface area contributed by atoms with Crippen molar-refractivity contribution in [3.8, 4) is 11.4 Å². The van der Waals surface area contributed by atoms with E-state index in [0.717, 1.165) is 11.3 Å². The number of nitrogens with one attached hydrogen (secondary N) is 1. The van der Waals surface area contributed by atoms with Gasteiger partial charge in [0.1, 0.15) is 23.8 Å². The second-order valence-electron chi connectivity index (χ2n) is 7.39. The zero-order valence-electron chi connectivity index (χ0n) is 16.3. The first-order valence-corrected chi connectivity index (χ1v) is 9.76. The predicted octanol–water partition coefficient (Wildman–Crippen LogP) is 0.000900. The third-order valence-corrected chi connectivity index (χ3v) is 5.41. The van der Waals surface area contributed by atoms with Gasteiger partial charge < -0.3 is 25.8 Å². The lowest BCUT2D eigenvalue weighted by atomic mass is 10.1. The number of benzene rings is 1. The first kappa shape index (κ1) is 19.6. The highest BCUT2D eigenvalue weighted by Gasteiger charge is 2.44. The second kappa shape index (κ2) is 7.71. The normalized spacial score (nSPS) is 23.6. The molecule has 1 aliphatic heterocycles. The molecular weight excluding hydrogens is 402 g/mol. The molecule has 0 bridgehead atoms. The predicted molar refractivity (Wildman–Crippen MR) is 110 cm³/mol. The summed E-state index contributed by atoms with van der Waals surface area (Å²) in [4.78, 5) is 13.2. The molecule has 0 saturated carbocycles. The van der Waals surface area contributed by atoms with Crippen LogP contribution in [0.15, 0.2) is 42.9 Å². The number of nitrogens with zero attached hydrogens (tertiary/aromatic N) is 5. The Morgan fingerprint density at radius 1 is 1.13 bits per heavy atom. The summed E-state index contributed by atoms with van der Waals surface area (Å²) in [5, 5.41) is 37.1. The van der Waals surface area contributed by atoms with Crippen molar-refractivity contribution >= 4 is 17.0 Å². The highest BCUT2D eigenvalue weighted by molar-refractivity contribution is 5.84. The van der Waals surface area contributed by atoms with Crippen LogP contribution in [0.3, 0.4) is 0 Å². The highest BCUT2D eigenvalue weighted by Crippen LogP contribution is 2.33. The summed E-state index contributed by atoms with van der Waals surface area (Å²) in [6.45, 7) is -0.429. The van der Waals surface area contributed by atoms with Crippen molar-refractivity contribution in [2.75, 3.05) is 12.3 Å². The first-order chi connectivity index (χ1) is 15.1. The number of nitrogens with two attached hydrogens (primary N) is 1. The molecule has 160 valence electrons. The lowest BCUT2D eigenvalue weighted by Gasteiger charge is -2.16. The van der Waals surface area contributed by atoms with Crippen molar-refractivity contribution in [3.05, 3.63) is 54.1 Å². The molecule has 4 heterocycles. The summed E-state index contributed by atoms with van der Waals surface area (Å²) < 4.78 is 7.10. The van der Waals surface area contributed by atoms with E-state index < -0.39 is 31.1 Å². The van der Waals surface area contributed by atoms with Crippen LogP contribution in [0.25, 0.3) is 22.6 Å². The Balaban J connectivity index is 1.55. The summed E-state index contributed by atoms with van der Waals surface area (Å²) in [7, 11) is 0. The number of aliphatic hydroxyl groups is 3. The number of hydrogen-bond donors (Lipinski definition) is 5. The van der Waals surface area contributed by atoms with Gasteiger partial charge >= 0.3 is 0 Å². The van der Waals surface area contributed by atoms with E-state index in [0.29, 0.717) is 29.0 Å². The maximum atomic E-state index is 10.4. The van der Waals surface area contributed by atoms with E-state index in [1.54, 1.807) is 6.20 Å². The number of anilines is 1. The zero-order chi connectivity index (χ0) is 21.5. The molecule has 6 N–H and O–H groups in total. The molecule has 1 fully saturated rings. The number of rotatable bonds is 5. The third-order valence-electron chi connectivity index (χ3n) is 5.41. The molecule has 0 amide bonds. The van der Waals surface area contributed by atoms with Crippen LogP contribution < -0.4 is 5.73 Å². The van der Waals surface area contributed by atoms with Gasteiger partial charge in [0.15, 0.2) is 23.5 Å². The Morgan fingerprint density at radius 2 is 1.94 bits per heavy atom. The van der Waals surface area contributed by atoms with E-state index in [1.165, 1.54) is 10.9 Å². The van der Waals surface area contributed by atoms with Gasteiger partial charge in [-0.25, -0.2) is 15.0 Å². The van der Waals surface area contributed by atoms with Crippen molar-refractivity contribution in [3.63, 3.8) is 0 Å². The van der Waals surface area contributed by atoms with Crippen molar-refractivity contribution in [1.82, 2.24) is 29.7 Å². The number of imidazole rings is 1. The van der Waals surface area contributed by atoms with Gasteiger partial charge in [0, 0.05) is 12.6 Å². The summed E-state index contributed by atoms with van der Waals surface area (Å²) >= 11 is 0. The van der Waals surface area contributed by atoms with E-state index >= 15 is 0 Å². The van der Waals surface area contributed by atoms with Crippen molar-refractivity contribution < 1.29 is 20.1 Å². The molecule has 1 saturated heterocycles. The van der Waals surface area contributed by atoms with E-state index in [9.17, 15) is 15.3 Å². The minimum Gasteiger partial charge on any atom is -0.394 e. The molecular formula is C20H21N7O4. The van der Waals surface area contributed by atoms with Crippen LogP contribution in [0, 0.1) is 0 Å². The van der Waals surface area contributed by atoms with E-state index in [-0.39, 0.29) is 5.82 Å². The molecule has 11 nitrogen and oxygen atoms in total. The van der Waals surface area contributed by atoms with Crippen molar-refractivity contribution in [2.45, 2.75) is 31.0 Å². The molecule has 0 radical (unpaired) electrons. The maximum Gasteiger partial charge on any atom is 0.168 e. The monoisotopic (exact) mass is 423 g/mol. The lowest BCUT2D eigenvalue weighted by Crippen LogP contribution is -2.33. The fraction of sp³-hybridized carbons (Fsp3) is 0.300. The van der Waals surface area contributed by atoms with Gasteiger partial charge in [0.05, 0.1) is 24.2 Å². The summed E-state index contributed by atoms with van der Waals surface area (Å²) in [6, 6.07) is 9.89. The van der Waals surface area contributed by atoms with Gasteiger partial charge in [-0.1, -0.05) is 30.3 Å². The maximum absolute atomic E-state index is 10.4. The minimum atomic E-state index is -1.27. The van der Waals surface area contributed by atoms with Crippen molar-refractivity contribution in [1.29, 1.82) is 0 Å². The number of ether oxygens (including phenoxy) is 1. The molecule has 0 aliphatic carbocycles. The summed E-state index contributed by atoms with van der Waals surface area (Å²) in [5.41, 5.74) is 9.35. The van der Waals surface area contributed by atoms with Crippen molar-refractivity contribution in [2.24, 2.45) is 0 Å². The molecule has 1 aromatic carbocycles. The quantitative estimate of drug-likeness (QED) is 0.297. The molecule has 1 aliphatic rings. The van der Waals surface area contributed by atoms with Crippen LogP contribution in [-0.4, -0.2) is 70.0 Å². The van der Waals surface area contributed by atoms with E-state index in [2.05, 4.69) is 25.1 Å². The largest absolute Gasteiger partial charge is 0.394 e. The van der Waals surface area contributed by atoms with E-state index in [4.69, 9.17) is 10.5 Å². The molecule has 31 heavy (non-hydrogen) atoms. The Kier molecular flexibility index (Phi) is 4.87. The van der Waals surface area contributed by atoms with Crippen LogP contribution in [0.4, 0.5) is 5.82 Å². The highest BCUT2D eigenvalue weighted by atomic mass is 16.6. The fourth-order valence-corrected chi connectivity index (χ4v) is 3.79. The van der Waals surface area contributed by atoms with Crippen LogP contribution in [0.1, 0.15) is 17.5 Å². The molecule has 4 aromatic rings. The molecule has 5 rings (SSSR count). The Bertz CT molecular complexity index is 1210. The molecule has 11 heteroatoms. The van der Waals surface area contributed by atoms with Gasteiger partial charge in [-0.05, 0) is 5.56 Å². The average molecular weight is 423 g/mol. The Morgan fingerprint density at radius 3 is 2.68 bits per heavy atom. The Labute approximate surface area is 176 Å². The summed E-state index contributed by atoms with van der Waals surface area (Å²) in [5.74, 6) is 0.510. The number of aromatic amines is 1. The number of H-pyrrole nitrogens is 1. The lowest BCUT2D eigenvalue weighted by molar-refractivity contribution is -0.0511. The van der Waals surface area contributed by atoms with Gasteiger partial charge in [-0.15, -0.1) is 0 Å². The zero-order valence-corrected chi connectivity index (χ0v) is 16.3. The number of aliphatic hydroxyl groups excluding tert-OH is 3. The SMILES string of the molecule is Nc1nc(-c2c[nH]nc2Cc2ccccc2)nc2c1ncn2[C@@H]1O[C@H](CO)[C@@H](O)[C@H]1O. The van der Waals surface area contributed by atoms with Crippen LogP contribution in [0.2, 0.25) is 0 Å². The van der Waals surface area contributed by atoms with Gasteiger partial charge in [0.2, 0.25) is 0 Å². The molecule has 0 unspecified atom stereocenters. The van der Waals surface area contributed by atoms with Crippen LogP contribution in [-0.2, 0) is 11.2 Å². The first-order valence-electron chi connectivity index (χ1n) is 9.76. The topological polar surface area (TPSA) is 168 Å². The standard InChI is InChI=1S/C20H21N7O4/c21-17-14-19(27(9-22-14)20-16(30)15(29)13(8-28)31-20)25-18(24-17)11-7-23-26-12(11)6-10-4-2-1-3-5-10/h1-5,7,9,13,15-16,20,28-30H,6,8H2,(H,23,26)(H2,21,24,25)/t13-,15-,16-,20-/m1/s1. The minimum absolute atomic E-state index is 0.164. The Hall–Kier alpha value is -3.38. The van der Waals surface area contributed by atoms with Gasteiger partial charge in [0.25, 0.3) is 0 Å². The molecule has 3 aromatic heterocycles. The number of nitrogen functional groups attached to an aromatic ring is 1. The summed E-state index contributed by atoms with van der Waals surface area (Å²) in [6.07, 6.45) is -0.703. The van der Waals surface area contributed by atoms with E-state index in [1.807, 2.05) is 30.3 Å².